The number of rotatable bonds is 3. The highest BCUT2D eigenvalue weighted by molar-refractivity contribution is 6.04. The molecule has 2 saturated heterocycles. The van der Waals surface area contributed by atoms with Crippen molar-refractivity contribution in [3.8, 4) is 0 Å². The Kier molecular flexibility index (Phi) is 3.81. The second kappa shape index (κ2) is 5.79. The van der Waals surface area contributed by atoms with Gasteiger partial charge in [-0.3, -0.25) is 24.5 Å². The number of anilines is 1. The number of amides is 3. The number of nitrogens with one attached hydrogen (secondary N) is 2. The summed E-state index contributed by atoms with van der Waals surface area (Å²) in [4.78, 5) is 47.4. The van der Waals surface area contributed by atoms with Gasteiger partial charge in [-0.25, -0.2) is 4.39 Å². The number of halogens is 1. The monoisotopic (exact) mass is 319 g/mol. The van der Waals surface area contributed by atoms with Crippen LogP contribution in [0.1, 0.15) is 23.2 Å². The van der Waals surface area contributed by atoms with E-state index in [0.29, 0.717) is 5.69 Å². The molecule has 8 heteroatoms. The van der Waals surface area contributed by atoms with Gasteiger partial charge in [0.1, 0.15) is 11.9 Å². The highest BCUT2D eigenvalue weighted by Crippen LogP contribution is 2.22. The van der Waals surface area contributed by atoms with Gasteiger partial charge in [-0.1, -0.05) is 0 Å². The predicted octanol–water partition coefficient (Wildman–Crippen LogP) is -0.250. The van der Waals surface area contributed by atoms with E-state index in [0.717, 1.165) is 0 Å². The lowest BCUT2D eigenvalue weighted by Crippen LogP contribution is -2.52. The lowest BCUT2D eigenvalue weighted by atomic mass is 10.0. The molecule has 3 rings (SSSR count). The zero-order chi connectivity index (χ0) is 16.6. The summed E-state index contributed by atoms with van der Waals surface area (Å²) >= 11 is 0. The lowest BCUT2D eigenvalue weighted by Gasteiger charge is -2.31. The molecule has 2 N–H and O–H groups in total. The van der Waals surface area contributed by atoms with Gasteiger partial charge >= 0.3 is 0 Å². The summed E-state index contributed by atoms with van der Waals surface area (Å²) in [5, 5.41) is 4.54. The fourth-order valence-electron chi connectivity index (χ4n) is 2.51. The second-order valence-electron chi connectivity index (χ2n) is 5.54. The van der Waals surface area contributed by atoms with Crippen LogP contribution in [-0.4, -0.2) is 42.6 Å². The average Bonchev–Trinajstić information content (AvgIpc) is 2.46. The Balaban J connectivity index is 1.68. The van der Waals surface area contributed by atoms with Gasteiger partial charge in [0.15, 0.2) is 5.78 Å². The van der Waals surface area contributed by atoms with E-state index in [1.54, 1.807) is 11.0 Å². The second-order valence-corrected chi connectivity index (χ2v) is 5.54. The fourth-order valence-corrected chi connectivity index (χ4v) is 2.51. The summed E-state index contributed by atoms with van der Waals surface area (Å²) in [5.41, 5.74) is 0.338. The van der Waals surface area contributed by atoms with Crippen LogP contribution >= 0.6 is 0 Å². The van der Waals surface area contributed by atoms with Crippen LogP contribution in [0, 0.1) is 5.82 Å². The van der Waals surface area contributed by atoms with E-state index >= 15 is 0 Å². The van der Waals surface area contributed by atoms with Gasteiger partial charge in [-0.15, -0.1) is 0 Å². The van der Waals surface area contributed by atoms with Crippen molar-refractivity contribution in [3.63, 3.8) is 0 Å². The molecule has 0 aliphatic carbocycles. The molecule has 2 fully saturated rings. The van der Waals surface area contributed by atoms with Gasteiger partial charge in [0.2, 0.25) is 11.8 Å². The van der Waals surface area contributed by atoms with Gasteiger partial charge in [-0.2, -0.15) is 0 Å². The number of ketones is 1. The molecule has 1 aromatic carbocycles. The molecule has 2 heterocycles. The van der Waals surface area contributed by atoms with Crippen LogP contribution < -0.4 is 15.5 Å². The molecule has 0 spiro atoms. The molecule has 1 atom stereocenters. The Morgan fingerprint density at radius 2 is 2.00 bits per heavy atom. The highest BCUT2D eigenvalue weighted by atomic mass is 19.1. The number of carbonyl (C=O) groups is 4. The first-order chi connectivity index (χ1) is 10.9. The Hall–Kier alpha value is -2.77. The average molecular weight is 319 g/mol. The van der Waals surface area contributed by atoms with Crippen molar-refractivity contribution in [2.24, 2.45) is 0 Å². The maximum absolute atomic E-state index is 14.1. The topological polar surface area (TPSA) is 95.6 Å². The number of nitrogens with zero attached hydrogens (tertiary/aromatic N) is 1. The van der Waals surface area contributed by atoms with Gasteiger partial charge in [0.05, 0.1) is 18.7 Å². The van der Waals surface area contributed by atoms with E-state index in [2.05, 4.69) is 10.6 Å². The van der Waals surface area contributed by atoms with Crippen LogP contribution in [-0.2, 0) is 14.4 Å². The third-order valence-electron chi connectivity index (χ3n) is 3.84. The molecule has 0 saturated carbocycles. The molecule has 1 aromatic rings. The quantitative estimate of drug-likeness (QED) is 0.749. The molecule has 23 heavy (non-hydrogen) atoms. The van der Waals surface area contributed by atoms with Gasteiger partial charge in [0.25, 0.3) is 5.91 Å². The minimum atomic E-state index is -0.854. The minimum Gasteiger partial charge on any atom is -0.357 e. The first kappa shape index (κ1) is 15.1. The maximum Gasteiger partial charge on any atom is 0.254 e. The smallest absolute Gasteiger partial charge is 0.254 e. The van der Waals surface area contributed by atoms with Crippen molar-refractivity contribution in [1.82, 2.24) is 10.6 Å². The van der Waals surface area contributed by atoms with E-state index in [4.69, 9.17) is 0 Å². The molecule has 0 radical (unpaired) electrons. The molecule has 0 unspecified atom stereocenters. The Morgan fingerprint density at radius 1 is 1.26 bits per heavy atom. The summed E-state index contributed by atoms with van der Waals surface area (Å²) in [6.07, 6.45) is 0.313. The van der Waals surface area contributed by atoms with Crippen molar-refractivity contribution in [1.29, 1.82) is 0 Å². The normalized spacial score (nSPS) is 20.8. The van der Waals surface area contributed by atoms with Gasteiger partial charge in [-0.05, 0) is 24.6 Å². The molecule has 0 aromatic heterocycles. The van der Waals surface area contributed by atoms with E-state index in [9.17, 15) is 23.6 Å². The molecule has 3 amide bonds. The zero-order valence-corrected chi connectivity index (χ0v) is 12.1. The number of Topliss-reactive ketones (excluding diaryl/α,β-unsaturated/α-hetero) is 1. The summed E-state index contributed by atoms with van der Waals surface area (Å²) < 4.78 is 14.1. The summed E-state index contributed by atoms with van der Waals surface area (Å²) in [6.45, 7) is 0.475. The SMILES string of the molecule is O=C1CN(c2ccc(C(=O)N[C@H]3CCC(=O)NC3=O)c(F)c2)C1. The molecule has 120 valence electrons. The first-order valence-electron chi connectivity index (χ1n) is 7.15. The van der Waals surface area contributed by atoms with Crippen LogP contribution in [0.4, 0.5) is 10.1 Å². The van der Waals surface area contributed by atoms with Crippen LogP contribution in [0.5, 0.6) is 0 Å². The molecular weight excluding hydrogens is 305 g/mol. The molecule has 7 nitrogen and oxygen atoms in total. The molecule has 2 aliphatic heterocycles. The predicted molar refractivity (Wildman–Crippen MR) is 77.3 cm³/mol. The Labute approximate surface area is 130 Å². The number of hydrogen-bond donors (Lipinski definition) is 2. The Morgan fingerprint density at radius 3 is 2.61 bits per heavy atom. The molecule has 0 bridgehead atoms. The maximum atomic E-state index is 14.1. The van der Waals surface area contributed by atoms with Crippen molar-refractivity contribution >= 4 is 29.2 Å². The van der Waals surface area contributed by atoms with E-state index in [-0.39, 0.29) is 43.2 Å². The molecule has 2 aliphatic rings. The van der Waals surface area contributed by atoms with Gasteiger partial charge in [0, 0.05) is 12.1 Å². The van der Waals surface area contributed by atoms with Crippen molar-refractivity contribution < 1.29 is 23.6 Å². The van der Waals surface area contributed by atoms with Crippen molar-refractivity contribution in [2.75, 3.05) is 18.0 Å². The number of piperidine rings is 1. The standard InChI is InChI=1S/C15H14FN3O4/c16-11-5-8(19-6-9(20)7-19)1-2-10(11)14(22)17-12-3-4-13(21)18-15(12)23/h1-2,5,12H,3-4,6-7H2,(H,17,22)(H,18,21,23)/t12-/m0/s1. The fraction of sp³-hybridized carbons (Fsp3) is 0.333. The largest absolute Gasteiger partial charge is 0.357 e. The number of imide groups is 1. The van der Waals surface area contributed by atoms with Crippen LogP contribution in [0.3, 0.4) is 0 Å². The van der Waals surface area contributed by atoms with Gasteiger partial charge < -0.3 is 10.2 Å². The first-order valence-corrected chi connectivity index (χ1v) is 7.15. The van der Waals surface area contributed by atoms with E-state index in [1.165, 1.54) is 12.1 Å². The van der Waals surface area contributed by atoms with Crippen LogP contribution in [0.2, 0.25) is 0 Å². The summed E-state index contributed by atoms with van der Waals surface area (Å²) in [5.74, 6) is -2.36. The number of hydrogen-bond acceptors (Lipinski definition) is 5. The third-order valence-corrected chi connectivity index (χ3v) is 3.84. The lowest BCUT2D eigenvalue weighted by molar-refractivity contribution is -0.134. The molecular formula is C15H14FN3O4. The van der Waals surface area contributed by atoms with E-state index in [1.807, 2.05) is 0 Å². The highest BCUT2D eigenvalue weighted by Gasteiger charge is 2.29. The van der Waals surface area contributed by atoms with Crippen LogP contribution in [0.15, 0.2) is 18.2 Å². The van der Waals surface area contributed by atoms with Crippen LogP contribution in [0.25, 0.3) is 0 Å². The zero-order valence-electron chi connectivity index (χ0n) is 12.1. The minimum absolute atomic E-state index is 0.0742. The van der Waals surface area contributed by atoms with Crippen molar-refractivity contribution in [2.45, 2.75) is 18.9 Å². The summed E-state index contributed by atoms with van der Waals surface area (Å²) in [7, 11) is 0. The van der Waals surface area contributed by atoms with E-state index < -0.39 is 23.7 Å². The Bertz CT molecular complexity index is 711. The van der Waals surface area contributed by atoms with Crippen molar-refractivity contribution in [3.05, 3.63) is 29.6 Å². The number of benzene rings is 1. The summed E-state index contributed by atoms with van der Waals surface area (Å²) in [6, 6.07) is 3.20. The third kappa shape index (κ3) is 3.05. The number of carbonyl (C=O) groups excluding carboxylic acids is 4.